The van der Waals surface area contributed by atoms with E-state index in [9.17, 15) is 4.79 Å². The first-order chi connectivity index (χ1) is 13.6. The third-order valence-electron chi connectivity index (χ3n) is 4.54. The topological polar surface area (TPSA) is 75.6 Å². The number of rotatable bonds is 7. The second-order valence-electron chi connectivity index (χ2n) is 6.39. The average molecular weight is 376 g/mol. The Morgan fingerprint density at radius 2 is 2.29 bits per heavy atom. The van der Waals surface area contributed by atoms with Gasteiger partial charge in [-0.25, -0.2) is 4.98 Å². The summed E-state index contributed by atoms with van der Waals surface area (Å²) >= 11 is 0. The molecular formula is C22H24N4O2. The minimum Gasteiger partial charge on any atom is -0.492 e. The molecule has 3 rings (SSSR count). The molecule has 0 bridgehead atoms. The number of fused-ring (bicyclic) bond motifs is 1. The molecule has 0 aliphatic carbocycles. The number of aliphatic imine (C=N–C) groups is 1. The number of anilines is 1. The molecule has 28 heavy (non-hydrogen) atoms. The summed E-state index contributed by atoms with van der Waals surface area (Å²) in [6.45, 7) is 6.79. The van der Waals surface area contributed by atoms with Crippen LogP contribution in [0.2, 0.25) is 0 Å². The second kappa shape index (κ2) is 8.99. The van der Waals surface area contributed by atoms with Crippen molar-refractivity contribution in [3.05, 3.63) is 71.6 Å². The Morgan fingerprint density at radius 1 is 1.43 bits per heavy atom. The van der Waals surface area contributed by atoms with Crippen LogP contribution in [0.5, 0.6) is 5.75 Å². The number of carbonyl (C=O) groups is 1. The maximum Gasteiger partial charge on any atom is 0.251 e. The van der Waals surface area contributed by atoms with Gasteiger partial charge in [-0.3, -0.25) is 9.79 Å². The summed E-state index contributed by atoms with van der Waals surface area (Å²) < 4.78 is 5.88. The molecule has 0 unspecified atom stereocenters. The minimum absolute atomic E-state index is 0.0964. The molecule has 1 aromatic carbocycles. The summed E-state index contributed by atoms with van der Waals surface area (Å²) in [5, 5.41) is 6.03. The zero-order valence-electron chi connectivity index (χ0n) is 16.2. The Morgan fingerprint density at radius 3 is 3.07 bits per heavy atom. The number of ether oxygens (including phenoxy) is 1. The fourth-order valence-corrected chi connectivity index (χ4v) is 3.08. The van der Waals surface area contributed by atoms with E-state index in [-0.39, 0.29) is 5.91 Å². The predicted molar refractivity (Wildman–Crippen MR) is 113 cm³/mol. The number of aromatic nitrogens is 1. The molecule has 0 saturated carbocycles. The van der Waals surface area contributed by atoms with Gasteiger partial charge in [0, 0.05) is 55.3 Å². The van der Waals surface area contributed by atoms with E-state index in [1.54, 1.807) is 19.3 Å². The molecule has 0 radical (unpaired) electrons. The van der Waals surface area contributed by atoms with Gasteiger partial charge in [-0.2, -0.15) is 0 Å². The normalized spacial score (nSPS) is 13.1. The Kier molecular flexibility index (Phi) is 6.22. The van der Waals surface area contributed by atoms with Crippen LogP contribution in [-0.4, -0.2) is 30.8 Å². The predicted octanol–water partition coefficient (Wildman–Crippen LogP) is 3.61. The first-order valence-electron chi connectivity index (χ1n) is 9.15. The van der Waals surface area contributed by atoms with E-state index in [1.807, 2.05) is 37.4 Å². The third-order valence-corrected chi connectivity index (χ3v) is 4.54. The Hall–Kier alpha value is -3.41. The van der Waals surface area contributed by atoms with E-state index in [2.05, 4.69) is 27.2 Å². The van der Waals surface area contributed by atoms with Crippen molar-refractivity contribution >= 4 is 23.5 Å². The number of amides is 1. The van der Waals surface area contributed by atoms with Crippen molar-refractivity contribution in [2.45, 2.75) is 19.9 Å². The number of benzene rings is 1. The summed E-state index contributed by atoms with van der Waals surface area (Å²) in [5.41, 5.74) is 4.72. The Bertz CT molecular complexity index is 948. The van der Waals surface area contributed by atoms with Gasteiger partial charge in [0.2, 0.25) is 0 Å². The highest BCUT2D eigenvalue weighted by Crippen LogP contribution is 2.37. The van der Waals surface area contributed by atoms with Gasteiger partial charge < -0.3 is 15.4 Å². The molecule has 1 aromatic heterocycles. The molecule has 2 aromatic rings. The number of nitrogens with zero attached hydrogens (tertiary/aromatic N) is 2. The van der Waals surface area contributed by atoms with Crippen LogP contribution in [0, 0.1) is 0 Å². The van der Waals surface area contributed by atoms with E-state index in [0.717, 1.165) is 40.3 Å². The lowest BCUT2D eigenvalue weighted by molar-refractivity contribution is 0.0963. The zero-order chi connectivity index (χ0) is 19.9. The highest BCUT2D eigenvalue weighted by Gasteiger charge is 2.22. The van der Waals surface area contributed by atoms with Crippen molar-refractivity contribution in [2.75, 3.05) is 19.0 Å². The summed E-state index contributed by atoms with van der Waals surface area (Å²) in [6, 6.07) is 7.54. The summed E-state index contributed by atoms with van der Waals surface area (Å²) in [5.74, 6) is 1.59. The fourth-order valence-electron chi connectivity index (χ4n) is 3.08. The molecular weight excluding hydrogens is 352 g/mol. The molecule has 2 heterocycles. The van der Waals surface area contributed by atoms with Crippen molar-refractivity contribution in [3.63, 3.8) is 0 Å². The molecule has 144 valence electrons. The summed E-state index contributed by atoms with van der Waals surface area (Å²) in [7, 11) is 1.63. The lowest BCUT2D eigenvalue weighted by atomic mass is 10.0. The van der Waals surface area contributed by atoms with E-state index in [1.165, 1.54) is 6.20 Å². The van der Waals surface area contributed by atoms with E-state index in [0.29, 0.717) is 18.7 Å². The maximum atomic E-state index is 11.8. The van der Waals surface area contributed by atoms with E-state index >= 15 is 0 Å². The largest absolute Gasteiger partial charge is 0.492 e. The lowest BCUT2D eigenvalue weighted by Crippen LogP contribution is -2.18. The zero-order valence-corrected chi connectivity index (χ0v) is 16.2. The second-order valence-corrected chi connectivity index (χ2v) is 6.39. The Labute approximate surface area is 165 Å². The van der Waals surface area contributed by atoms with Crippen molar-refractivity contribution in [1.29, 1.82) is 0 Å². The molecule has 1 aliphatic rings. The van der Waals surface area contributed by atoms with Gasteiger partial charge in [0.1, 0.15) is 11.6 Å². The minimum atomic E-state index is -0.0964. The number of hydrogen-bond donors (Lipinski definition) is 2. The van der Waals surface area contributed by atoms with Crippen LogP contribution in [0.15, 0.2) is 54.3 Å². The molecule has 1 amide bonds. The van der Waals surface area contributed by atoms with Gasteiger partial charge in [-0.1, -0.05) is 18.7 Å². The van der Waals surface area contributed by atoms with Crippen LogP contribution in [0.4, 0.5) is 5.82 Å². The highest BCUT2D eigenvalue weighted by atomic mass is 16.5. The number of nitrogens with one attached hydrogen (secondary N) is 2. The fraction of sp³-hybridized carbons (Fsp3) is 0.227. The monoisotopic (exact) mass is 376 g/mol. The molecule has 0 saturated heterocycles. The van der Waals surface area contributed by atoms with Crippen LogP contribution < -0.4 is 15.4 Å². The molecule has 2 N–H and O–H groups in total. The summed E-state index contributed by atoms with van der Waals surface area (Å²) in [4.78, 5) is 20.4. The standard InChI is InChI=1S/C22H24N4O2/c1-4-24-10-8-15(2)19-14-26-21(18-9-11-28-20(18)19)25-13-16-6-5-7-17(12-16)22(27)23-3/h4-8,10,12,14H,1,9,11,13H2,2-3H3,(H,23,27)(H,25,26)/b15-8+,24-10-. The summed E-state index contributed by atoms with van der Waals surface area (Å²) in [6.07, 6.45) is 7.74. The average Bonchev–Trinajstić information content (AvgIpc) is 3.21. The molecule has 6 nitrogen and oxygen atoms in total. The Balaban J connectivity index is 1.80. The van der Waals surface area contributed by atoms with Gasteiger partial charge in [-0.05, 0) is 36.3 Å². The van der Waals surface area contributed by atoms with Crippen LogP contribution in [0.25, 0.3) is 5.57 Å². The van der Waals surface area contributed by atoms with Crippen LogP contribution in [-0.2, 0) is 13.0 Å². The van der Waals surface area contributed by atoms with Gasteiger partial charge in [0.15, 0.2) is 0 Å². The first kappa shape index (κ1) is 19.4. The van der Waals surface area contributed by atoms with E-state index < -0.39 is 0 Å². The van der Waals surface area contributed by atoms with Crippen molar-refractivity contribution in [2.24, 2.45) is 4.99 Å². The number of pyridine rings is 1. The number of carbonyl (C=O) groups excluding carboxylic acids is 1. The molecule has 0 fully saturated rings. The first-order valence-corrected chi connectivity index (χ1v) is 9.15. The SMILES string of the molecule is C=C/N=C\C=C(/C)c1cnc(NCc2cccc(C(=O)NC)c2)c2c1OCC2. The van der Waals surface area contributed by atoms with Crippen LogP contribution in [0.1, 0.15) is 34.0 Å². The quantitative estimate of drug-likeness (QED) is 0.724. The van der Waals surface area contributed by atoms with Gasteiger partial charge >= 0.3 is 0 Å². The van der Waals surface area contributed by atoms with Crippen LogP contribution >= 0.6 is 0 Å². The van der Waals surface area contributed by atoms with Crippen molar-refractivity contribution < 1.29 is 9.53 Å². The maximum absolute atomic E-state index is 11.8. The number of hydrogen-bond acceptors (Lipinski definition) is 5. The van der Waals surface area contributed by atoms with Gasteiger partial charge in [-0.15, -0.1) is 0 Å². The molecule has 0 spiro atoms. The third kappa shape index (κ3) is 4.28. The molecule has 6 heteroatoms. The molecule has 1 aliphatic heterocycles. The highest BCUT2D eigenvalue weighted by molar-refractivity contribution is 5.94. The lowest BCUT2D eigenvalue weighted by Gasteiger charge is -2.13. The van der Waals surface area contributed by atoms with Crippen LogP contribution in [0.3, 0.4) is 0 Å². The molecule has 0 atom stereocenters. The smallest absolute Gasteiger partial charge is 0.251 e. The van der Waals surface area contributed by atoms with Crippen molar-refractivity contribution in [3.8, 4) is 5.75 Å². The van der Waals surface area contributed by atoms with Gasteiger partial charge in [0.25, 0.3) is 5.91 Å². The number of allylic oxidation sites excluding steroid dienone is 2. The van der Waals surface area contributed by atoms with E-state index in [4.69, 9.17) is 4.74 Å². The van der Waals surface area contributed by atoms with Crippen molar-refractivity contribution in [1.82, 2.24) is 10.3 Å². The van der Waals surface area contributed by atoms with Gasteiger partial charge in [0.05, 0.1) is 6.61 Å².